The van der Waals surface area contributed by atoms with Crippen LogP contribution in [0.1, 0.15) is 43.6 Å². The minimum Gasteiger partial charge on any atom is -0.340 e. The predicted molar refractivity (Wildman–Crippen MR) is 90.1 cm³/mol. The first-order valence-electron chi connectivity index (χ1n) is 8.50. The van der Waals surface area contributed by atoms with Gasteiger partial charge in [-0.2, -0.15) is 4.98 Å². The first kappa shape index (κ1) is 17.5. The van der Waals surface area contributed by atoms with E-state index in [0.29, 0.717) is 18.3 Å². The number of rotatable bonds is 5. The normalized spacial score (nSPS) is 19.1. The second-order valence-electron chi connectivity index (χ2n) is 6.54. The van der Waals surface area contributed by atoms with E-state index in [0.717, 1.165) is 25.1 Å². The third-order valence-electron chi connectivity index (χ3n) is 4.80. The van der Waals surface area contributed by atoms with Gasteiger partial charge in [-0.05, 0) is 31.0 Å². The van der Waals surface area contributed by atoms with Crippen LogP contribution in [0.15, 0.2) is 28.8 Å². The summed E-state index contributed by atoms with van der Waals surface area (Å²) >= 11 is 0. The molecule has 7 heteroatoms. The van der Waals surface area contributed by atoms with Crippen molar-refractivity contribution in [3.63, 3.8) is 0 Å². The smallest absolute Gasteiger partial charge is 0.223 e. The largest absolute Gasteiger partial charge is 0.340 e. The van der Waals surface area contributed by atoms with Gasteiger partial charge in [0, 0.05) is 39.0 Å². The van der Waals surface area contributed by atoms with Crippen LogP contribution in [-0.2, 0) is 11.3 Å². The zero-order valence-corrected chi connectivity index (χ0v) is 14.8. The summed E-state index contributed by atoms with van der Waals surface area (Å²) in [5, 5.41) is 3.89. The summed E-state index contributed by atoms with van der Waals surface area (Å²) in [5.41, 5.74) is 0.948. The molecule has 0 radical (unpaired) electrons. The number of benzene rings is 1. The first-order chi connectivity index (χ1) is 11.9. The molecule has 1 amide bonds. The number of carbonyl (C=O) groups is 1. The Balaban J connectivity index is 1.68. The molecule has 1 saturated heterocycles. The van der Waals surface area contributed by atoms with Crippen LogP contribution >= 0.6 is 0 Å². The molecule has 0 bridgehead atoms. The Morgan fingerprint density at radius 2 is 2.32 bits per heavy atom. The molecule has 2 heterocycles. The number of halogens is 1. The number of aryl methyl sites for hydroxylation is 1. The van der Waals surface area contributed by atoms with Crippen molar-refractivity contribution in [3.05, 3.63) is 47.4 Å². The zero-order chi connectivity index (χ0) is 18.0. The quantitative estimate of drug-likeness (QED) is 0.833. The van der Waals surface area contributed by atoms with Gasteiger partial charge in [-0.1, -0.05) is 17.3 Å². The summed E-state index contributed by atoms with van der Waals surface area (Å²) in [4.78, 5) is 20.4. The Morgan fingerprint density at radius 3 is 2.96 bits per heavy atom. The van der Waals surface area contributed by atoms with Crippen LogP contribution in [0.25, 0.3) is 0 Å². The Labute approximate surface area is 146 Å². The molecule has 0 saturated carbocycles. The van der Waals surface area contributed by atoms with E-state index >= 15 is 0 Å². The van der Waals surface area contributed by atoms with Crippen molar-refractivity contribution in [2.24, 2.45) is 0 Å². The molecule has 0 unspecified atom stereocenters. The molecule has 0 spiro atoms. The lowest BCUT2D eigenvalue weighted by atomic mass is 10.1. The number of hydrogen-bond acceptors (Lipinski definition) is 5. The van der Waals surface area contributed by atoms with E-state index in [9.17, 15) is 9.18 Å². The molecule has 6 nitrogen and oxygen atoms in total. The van der Waals surface area contributed by atoms with Gasteiger partial charge >= 0.3 is 0 Å². The second-order valence-corrected chi connectivity index (χ2v) is 6.54. The minimum atomic E-state index is -0.224. The standard InChI is InChI=1S/C18H23FN4O2/c1-12(15-5-4-6-16(19)9-15)22-8-7-17(10-22)23(14(3)24)11-18-20-13(2)25-21-18/h4-6,9,12,17H,7-8,10-11H2,1-3H3/t12-,17+/m1/s1. The van der Waals surface area contributed by atoms with Gasteiger partial charge in [0.15, 0.2) is 5.82 Å². The Kier molecular flexibility index (Phi) is 5.13. The van der Waals surface area contributed by atoms with Crippen molar-refractivity contribution in [1.82, 2.24) is 19.9 Å². The molecule has 3 rings (SSSR count). The maximum Gasteiger partial charge on any atom is 0.223 e. The van der Waals surface area contributed by atoms with Crippen molar-refractivity contribution in [2.45, 2.75) is 45.8 Å². The van der Waals surface area contributed by atoms with Gasteiger partial charge in [0.05, 0.1) is 6.54 Å². The lowest BCUT2D eigenvalue weighted by molar-refractivity contribution is -0.131. The highest BCUT2D eigenvalue weighted by Crippen LogP contribution is 2.27. The average Bonchev–Trinajstić information content (AvgIpc) is 3.20. The SMILES string of the molecule is CC(=O)N(Cc1noc(C)n1)[C@H]1CCN([C@H](C)c2cccc(F)c2)C1. The highest BCUT2D eigenvalue weighted by atomic mass is 19.1. The molecule has 134 valence electrons. The van der Waals surface area contributed by atoms with Crippen LogP contribution in [0, 0.1) is 12.7 Å². The van der Waals surface area contributed by atoms with Gasteiger partial charge in [-0.3, -0.25) is 9.69 Å². The molecule has 1 aliphatic rings. The summed E-state index contributed by atoms with van der Waals surface area (Å²) in [5.74, 6) is 0.779. The maximum absolute atomic E-state index is 13.5. The van der Waals surface area contributed by atoms with Crippen LogP contribution in [-0.4, -0.2) is 45.0 Å². The molecule has 1 fully saturated rings. The van der Waals surface area contributed by atoms with Gasteiger partial charge in [-0.15, -0.1) is 0 Å². The number of aromatic nitrogens is 2. The molecule has 2 atom stereocenters. The summed E-state index contributed by atoms with van der Waals surface area (Å²) in [6, 6.07) is 6.88. The van der Waals surface area contributed by atoms with E-state index in [4.69, 9.17) is 4.52 Å². The van der Waals surface area contributed by atoms with Gasteiger partial charge in [0.25, 0.3) is 0 Å². The monoisotopic (exact) mass is 346 g/mol. The van der Waals surface area contributed by atoms with Gasteiger partial charge < -0.3 is 9.42 Å². The average molecular weight is 346 g/mol. The van der Waals surface area contributed by atoms with E-state index in [-0.39, 0.29) is 23.8 Å². The Hall–Kier alpha value is -2.28. The third-order valence-corrected chi connectivity index (χ3v) is 4.80. The fraction of sp³-hybridized carbons (Fsp3) is 0.500. The summed E-state index contributed by atoms with van der Waals surface area (Å²) in [6.45, 7) is 7.31. The number of hydrogen-bond donors (Lipinski definition) is 0. The van der Waals surface area contributed by atoms with E-state index < -0.39 is 0 Å². The lowest BCUT2D eigenvalue weighted by Crippen LogP contribution is -2.40. The number of amides is 1. The van der Waals surface area contributed by atoms with E-state index in [1.54, 1.807) is 30.9 Å². The number of nitrogens with zero attached hydrogens (tertiary/aromatic N) is 4. The fourth-order valence-electron chi connectivity index (χ4n) is 3.41. The van der Waals surface area contributed by atoms with Crippen LogP contribution in [0.2, 0.25) is 0 Å². The highest BCUT2D eigenvalue weighted by molar-refractivity contribution is 5.73. The molecule has 2 aromatic rings. The minimum absolute atomic E-state index is 0.00675. The summed E-state index contributed by atoms with van der Waals surface area (Å²) in [6.07, 6.45) is 0.871. The highest BCUT2D eigenvalue weighted by Gasteiger charge is 2.32. The van der Waals surface area contributed by atoms with Gasteiger partial charge in [0.1, 0.15) is 5.82 Å². The fourth-order valence-corrected chi connectivity index (χ4v) is 3.41. The van der Waals surface area contributed by atoms with Crippen molar-refractivity contribution in [1.29, 1.82) is 0 Å². The van der Waals surface area contributed by atoms with Gasteiger partial charge in [-0.25, -0.2) is 4.39 Å². The maximum atomic E-state index is 13.5. The number of likely N-dealkylation sites (tertiary alicyclic amines) is 1. The Morgan fingerprint density at radius 1 is 1.52 bits per heavy atom. The number of carbonyl (C=O) groups excluding carboxylic acids is 1. The zero-order valence-electron chi connectivity index (χ0n) is 14.8. The second kappa shape index (κ2) is 7.31. The third kappa shape index (κ3) is 4.04. The summed E-state index contributed by atoms with van der Waals surface area (Å²) in [7, 11) is 0. The molecular weight excluding hydrogens is 323 g/mol. The van der Waals surface area contributed by atoms with Crippen molar-refractivity contribution >= 4 is 5.91 Å². The Bertz CT molecular complexity index is 748. The van der Waals surface area contributed by atoms with Crippen LogP contribution in [0.5, 0.6) is 0 Å². The van der Waals surface area contributed by atoms with E-state index in [2.05, 4.69) is 22.0 Å². The molecule has 0 N–H and O–H groups in total. The molecule has 25 heavy (non-hydrogen) atoms. The van der Waals surface area contributed by atoms with Crippen molar-refractivity contribution < 1.29 is 13.7 Å². The van der Waals surface area contributed by atoms with Crippen molar-refractivity contribution in [2.75, 3.05) is 13.1 Å². The molecular formula is C18H23FN4O2. The predicted octanol–water partition coefficient (Wildman–Crippen LogP) is 2.70. The van der Waals surface area contributed by atoms with Crippen molar-refractivity contribution in [3.8, 4) is 0 Å². The topological polar surface area (TPSA) is 62.5 Å². The molecule has 1 aliphatic heterocycles. The molecule has 1 aromatic carbocycles. The first-order valence-corrected chi connectivity index (χ1v) is 8.50. The molecule has 0 aliphatic carbocycles. The van der Waals surface area contributed by atoms with E-state index in [1.807, 2.05) is 6.07 Å². The van der Waals surface area contributed by atoms with Crippen LogP contribution in [0.3, 0.4) is 0 Å². The summed E-state index contributed by atoms with van der Waals surface area (Å²) < 4.78 is 18.5. The van der Waals surface area contributed by atoms with Crippen LogP contribution < -0.4 is 0 Å². The van der Waals surface area contributed by atoms with Crippen LogP contribution in [0.4, 0.5) is 4.39 Å². The van der Waals surface area contributed by atoms with E-state index in [1.165, 1.54) is 6.07 Å². The van der Waals surface area contributed by atoms with Gasteiger partial charge in [0.2, 0.25) is 11.8 Å². The molecule has 1 aromatic heterocycles. The lowest BCUT2D eigenvalue weighted by Gasteiger charge is -2.29.